The number of likely N-dealkylation sites (N-methyl/N-ethyl adjacent to an activating group) is 1. The van der Waals surface area contributed by atoms with Crippen LogP contribution >= 0.6 is 11.6 Å². The summed E-state index contributed by atoms with van der Waals surface area (Å²) in [6.45, 7) is 3.26. The molecule has 0 radical (unpaired) electrons. The van der Waals surface area contributed by atoms with E-state index in [-0.39, 0.29) is 12.1 Å². The van der Waals surface area contributed by atoms with Crippen LogP contribution in [-0.4, -0.2) is 35.1 Å². The molecule has 1 amide bonds. The van der Waals surface area contributed by atoms with E-state index in [0.717, 1.165) is 6.07 Å². The fourth-order valence-corrected chi connectivity index (χ4v) is 1.69. The van der Waals surface area contributed by atoms with Crippen molar-refractivity contribution in [3.8, 4) is 0 Å². The Morgan fingerprint density at radius 3 is 2.65 bits per heavy atom. The number of carbonyl (C=O) groups excluding carboxylic acids is 1. The highest BCUT2D eigenvalue weighted by atomic mass is 35.5. The van der Waals surface area contributed by atoms with E-state index in [1.54, 1.807) is 13.8 Å². The van der Waals surface area contributed by atoms with Gasteiger partial charge in [-0.05, 0) is 32.0 Å². The van der Waals surface area contributed by atoms with Crippen molar-refractivity contribution >= 4 is 17.5 Å². The van der Waals surface area contributed by atoms with Gasteiger partial charge in [0.2, 0.25) is 0 Å². The van der Waals surface area contributed by atoms with Crippen molar-refractivity contribution in [1.29, 1.82) is 0 Å². The van der Waals surface area contributed by atoms with Crippen molar-refractivity contribution in [3.63, 3.8) is 0 Å². The molecule has 3 nitrogen and oxygen atoms in total. The molecule has 0 fully saturated rings. The van der Waals surface area contributed by atoms with Gasteiger partial charge in [0, 0.05) is 18.6 Å². The van der Waals surface area contributed by atoms with Crippen LogP contribution in [0.1, 0.15) is 24.2 Å². The van der Waals surface area contributed by atoms with Crippen molar-refractivity contribution in [2.45, 2.75) is 19.4 Å². The number of rotatable bonds is 3. The number of aliphatic hydroxyl groups is 1. The van der Waals surface area contributed by atoms with Crippen LogP contribution in [0.2, 0.25) is 5.02 Å². The second-order valence-electron chi connectivity index (χ2n) is 4.60. The van der Waals surface area contributed by atoms with Crippen LogP contribution in [0.5, 0.6) is 0 Å². The third-order valence-corrected chi connectivity index (χ3v) is 2.36. The van der Waals surface area contributed by atoms with Gasteiger partial charge in [0.15, 0.2) is 0 Å². The van der Waals surface area contributed by atoms with Gasteiger partial charge in [-0.15, -0.1) is 0 Å². The summed E-state index contributed by atoms with van der Waals surface area (Å²) >= 11 is 5.71. The van der Waals surface area contributed by atoms with Crippen molar-refractivity contribution in [1.82, 2.24) is 4.90 Å². The molecule has 1 aromatic rings. The Hall–Kier alpha value is -1.13. The lowest BCUT2D eigenvalue weighted by atomic mass is 10.1. The maximum absolute atomic E-state index is 13.4. The average Bonchev–Trinajstić information content (AvgIpc) is 2.18. The fraction of sp³-hybridized carbons (Fsp3) is 0.417. The molecule has 0 aliphatic carbocycles. The van der Waals surface area contributed by atoms with Crippen LogP contribution in [0, 0.1) is 5.82 Å². The first-order valence-corrected chi connectivity index (χ1v) is 5.51. The molecule has 0 saturated heterocycles. The van der Waals surface area contributed by atoms with Crippen LogP contribution in [-0.2, 0) is 0 Å². The van der Waals surface area contributed by atoms with Gasteiger partial charge >= 0.3 is 0 Å². The molecule has 0 bridgehead atoms. The van der Waals surface area contributed by atoms with Gasteiger partial charge in [-0.3, -0.25) is 4.79 Å². The summed E-state index contributed by atoms with van der Waals surface area (Å²) in [5.74, 6) is -1.13. The molecule has 0 unspecified atom stereocenters. The first-order chi connectivity index (χ1) is 7.70. The second-order valence-corrected chi connectivity index (χ2v) is 5.03. The summed E-state index contributed by atoms with van der Waals surface area (Å²) in [6, 6.07) is 3.80. The van der Waals surface area contributed by atoms with Crippen LogP contribution in [0.4, 0.5) is 4.39 Å². The monoisotopic (exact) mass is 259 g/mol. The second kappa shape index (κ2) is 5.02. The van der Waals surface area contributed by atoms with Crippen LogP contribution in [0.25, 0.3) is 0 Å². The van der Waals surface area contributed by atoms with E-state index < -0.39 is 17.3 Å². The van der Waals surface area contributed by atoms with Crippen LogP contribution in [0.3, 0.4) is 0 Å². The first kappa shape index (κ1) is 13.9. The zero-order valence-electron chi connectivity index (χ0n) is 10.00. The summed E-state index contributed by atoms with van der Waals surface area (Å²) in [6.07, 6.45) is 0. The zero-order valence-corrected chi connectivity index (χ0v) is 10.8. The minimum absolute atomic E-state index is 0.0933. The van der Waals surface area contributed by atoms with Gasteiger partial charge < -0.3 is 10.0 Å². The largest absolute Gasteiger partial charge is 0.389 e. The van der Waals surface area contributed by atoms with Crippen LogP contribution < -0.4 is 0 Å². The third kappa shape index (κ3) is 3.98. The molecule has 0 aliphatic rings. The van der Waals surface area contributed by atoms with Crippen molar-refractivity contribution < 1.29 is 14.3 Å². The van der Waals surface area contributed by atoms with Gasteiger partial charge in [-0.25, -0.2) is 4.39 Å². The van der Waals surface area contributed by atoms with E-state index in [0.29, 0.717) is 5.02 Å². The zero-order chi connectivity index (χ0) is 13.2. The number of hydrogen-bond acceptors (Lipinski definition) is 2. The Balaban J connectivity index is 2.93. The molecule has 0 saturated carbocycles. The lowest BCUT2D eigenvalue weighted by Crippen LogP contribution is -2.40. The van der Waals surface area contributed by atoms with Gasteiger partial charge in [-0.2, -0.15) is 0 Å². The van der Waals surface area contributed by atoms with Gasteiger partial charge in [-0.1, -0.05) is 11.6 Å². The third-order valence-electron chi connectivity index (χ3n) is 2.13. The molecule has 0 spiro atoms. The Labute approximate surface area is 105 Å². The normalized spacial score (nSPS) is 11.4. The van der Waals surface area contributed by atoms with E-state index in [4.69, 9.17) is 11.6 Å². The standard InChI is InChI=1S/C12H15ClFNO2/c1-12(2,17)7-15(3)11(16)9-6-8(13)4-5-10(9)14/h4-6,17H,7H2,1-3H3. The fourth-order valence-electron chi connectivity index (χ4n) is 1.52. The summed E-state index contributed by atoms with van der Waals surface area (Å²) in [5.41, 5.74) is -1.12. The Bertz CT molecular complexity index is 429. The summed E-state index contributed by atoms with van der Waals surface area (Å²) < 4.78 is 13.4. The first-order valence-electron chi connectivity index (χ1n) is 5.13. The van der Waals surface area contributed by atoms with Gasteiger partial charge in [0.1, 0.15) is 5.82 Å². The van der Waals surface area contributed by atoms with E-state index in [9.17, 15) is 14.3 Å². The minimum atomic E-state index is -1.03. The van der Waals surface area contributed by atoms with E-state index in [1.165, 1.54) is 24.1 Å². The summed E-state index contributed by atoms with van der Waals surface area (Å²) in [7, 11) is 1.50. The highest BCUT2D eigenvalue weighted by Gasteiger charge is 2.22. The Morgan fingerprint density at radius 2 is 2.12 bits per heavy atom. The number of hydrogen-bond donors (Lipinski definition) is 1. The molecule has 1 aromatic carbocycles. The van der Waals surface area contributed by atoms with Gasteiger partial charge in [0.25, 0.3) is 5.91 Å². The predicted molar refractivity (Wildman–Crippen MR) is 64.7 cm³/mol. The Kier molecular flexibility index (Phi) is 4.11. The topological polar surface area (TPSA) is 40.5 Å². The molecule has 1 rings (SSSR count). The van der Waals surface area contributed by atoms with E-state index in [1.807, 2.05) is 0 Å². The number of carbonyl (C=O) groups is 1. The summed E-state index contributed by atoms with van der Waals surface area (Å²) in [5, 5.41) is 9.89. The van der Waals surface area contributed by atoms with Crippen LogP contribution in [0.15, 0.2) is 18.2 Å². The highest BCUT2D eigenvalue weighted by molar-refractivity contribution is 6.30. The number of amides is 1. The predicted octanol–water partition coefficient (Wildman–Crippen LogP) is 2.32. The molecule has 17 heavy (non-hydrogen) atoms. The maximum atomic E-state index is 13.4. The molecule has 0 atom stereocenters. The molecule has 0 heterocycles. The van der Waals surface area contributed by atoms with Crippen molar-refractivity contribution in [2.24, 2.45) is 0 Å². The lowest BCUT2D eigenvalue weighted by Gasteiger charge is -2.25. The number of nitrogens with zero attached hydrogens (tertiary/aromatic N) is 1. The Morgan fingerprint density at radius 1 is 1.53 bits per heavy atom. The minimum Gasteiger partial charge on any atom is -0.389 e. The maximum Gasteiger partial charge on any atom is 0.256 e. The van der Waals surface area contributed by atoms with Crippen molar-refractivity contribution in [3.05, 3.63) is 34.6 Å². The quantitative estimate of drug-likeness (QED) is 0.905. The van der Waals surface area contributed by atoms with Gasteiger partial charge in [0.05, 0.1) is 11.2 Å². The molecular formula is C12H15ClFNO2. The smallest absolute Gasteiger partial charge is 0.256 e. The number of benzene rings is 1. The molecule has 5 heteroatoms. The molecular weight excluding hydrogens is 245 g/mol. The van der Waals surface area contributed by atoms with Crippen molar-refractivity contribution in [2.75, 3.05) is 13.6 Å². The molecule has 0 aliphatic heterocycles. The average molecular weight is 260 g/mol. The summed E-state index contributed by atoms with van der Waals surface area (Å²) in [4.78, 5) is 13.2. The lowest BCUT2D eigenvalue weighted by molar-refractivity contribution is 0.0365. The molecule has 0 aromatic heterocycles. The molecule has 1 N–H and O–H groups in total. The molecule has 94 valence electrons. The SMILES string of the molecule is CN(CC(C)(C)O)C(=O)c1cc(Cl)ccc1F. The highest BCUT2D eigenvalue weighted by Crippen LogP contribution is 2.17. The van der Waals surface area contributed by atoms with E-state index in [2.05, 4.69) is 0 Å². The number of halogens is 2. The van der Waals surface area contributed by atoms with E-state index >= 15 is 0 Å².